The lowest BCUT2D eigenvalue weighted by molar-refractivity contribution is -0.115. The van der Waals surface area contributed by atoms with Crippen molar-refractivity contribution in [3.8, 4) is 0 Å². The van der Waals surface area contributed by atoms with Gasteiger partial charge in [0.05, 0.1) is 10.9 Å². The van der Waals surface area contributed by atoms with Gasteiger partial charge in [-0.1, -0.05) is 41.6 Å². The molecule has 0 radical (unpaired) electrons. The van der Waals surface area contributed by atoms with Crippen LogP contribution in [0.5, 0.6) is 0 Å². The van der Waals surface area contributed by atoms with Crippen LogP contribution >= 0.6 is 34.7 Å². The first kappa shape index (κ1) is 17.0. The summed E-state index contributed by atoms with van der Waals surface area (Å²) in [5.41, 5.74) is 0.504. The zero-order chi connectivity index (χ0) is 15.9. The Bertz CT molecular complexity index is 636. The molecule has 0 aliphatic heterocycles. The molecule has 0 unspecified atom stereocenters. The summed E-state index contributed by atoms with van der Waals surface area (Å²) in [6.45, 7) is 4.75. The van der Waals surface area contributed by atoms with E-state index in [2.05, 4.69) is 32.7 Å². The van der Waals surface area contributed by atoms with E-state index in [9.17, 15) is 4.79 Å². The summed E-state index contributed by atoms with van der Waals surface area (Å²) in [6, 6.07) is 3.43. The van der Waals surface area contributed by atoms with Gasteiger partial charge in [-0.25, -0.2) is 4.98 Å². The van der Waals surface area contributed by atoms with Crippen LogP contribution in [0.15, 0.2) is 22.7 Å². The van der Waals surface area contributed by atoms with Crippen LogP contribution in [0.3, 0.4) is 0 Å². The fourth-order valence-corrected chi connectivity index (χ4v) is 3.57. The van der Waals surface area contributed by atoms with Crippen LogP contribution in [0.4, 0.5) is 10.8 Å². The molecule has 2 aromatic rings. The number of anilines is 2. The van der Waals surface area contributed by atoms with Crippen molar-refractivity contribution in [2.24, 2.45) is 0 Å². The molecule has 2 N–H and O–H groups in total. The van der Waals surface area contributed by atoms with Crippen molar-refractivity contribution in [3.05, 3.63) is 23.5 Å². The molecule has 0 aromatic carbocycles. The van der Waals surface area contributed by atoms with Gasteiger partial charge in [0.15, 0.2) is 9.49 Å². The van der Waals surface area contributed by atoms with Crippen LogP contribution in [0.2, 0.25) is 5.15 Å². The minimum absolute atomic E-state index is 0.154. The van der Waals surface area contributed by atoms with Crippen LogP contribution in [-0.4, -0.2) is 32.9 Å². The zero-order valence-corrected chi connectivity index (χ0v) is 14.6. The number of carbonyl (C=O) groups excluding carboxylic acids is 1. The number of nitrogens with zero attached hydrogens (tertiary/aromatic N) is 3. The summed E-state index contributed by atoms with van der Waals surface area (Å²) in [6.07, 6.45) is 2.59. The Morgan fingerprint density at radius 3 is 3.05 bits per heavy atom. The molecular weight excluding hydrogens is 342 g/mol. The topological polar surface area (TPSA) is 79.8 Å². The van der Waals surface area contributed by atoms with Gasteiger partial charge in [-0.05, 0) is 25.5 Å². The summed E-state index contributed by atoms with van der Waals surface area (Å²) in [5.74, 6) is -0.154. The van der Waals surface area contributed by atoms with E-state index in [0.29, 0.717) is 5.69 Å². The van der Waals surface area contributed by atoms with Crippen LogP contribution in [-0.2, 0) is 4.79 Å². The second-order valence-corrected chi connectivity index (χ2v) is 7.31. The predicted octanol–water partition coefficient (Wildman–Crippen LogP) is 3.53. The molecule has 22 heavy (non-hydrogen) atoms. The Morgan fingerprint density at radius 1 is 1.50 bits per heavy atom. The molecule has 9 heteroatoms. The molecule has 6 nitrogen and oxygen atoms in total. The van der Waals surface area contributed by atoms with E-state index in [0.717, 1.165) is 22.4 Å². The number of thioether (sulfide) groups is 1. The largest absolute Gasteiger partial charge is 0.360 e. The highest BCUT2D eigenvalue weighted by Gasteiger charge is 2.18. The van der Waals surface area contributed by atoms with E-state index in [1.54, 1.807) is 18.3 Å². The quantitative estimate of drug-likeness (QED) is 0.583. The van der Waals surface area contributed by atoms with Crippen molar-refractivity contribution < 1.29 is 4.79 Å². The third kappa shape index (κ3) is 4.82. The molecule has 0 saturated heterocycles. The number of hydrogen-bond acceptors (Lipinski definition) is 7. The Labute approximate surface area is 142 Å². The number of pyridine rings is 1. The number of nitrogens with one attached hydrogen (secondary N) is 2. The van der Waals surface area contributed by atoms with Gasteiger partial charge in [-0.2, -0.15) is 0 Å². The molecule has 0 fully saturated rings. The Morgan fingerprint density at radius 2 is 2.32 bits per heavy atom. The van der Waals surface area contributed by atoms with Crippen LogP contribution < -0.4 is 10.6 Å². The Hall–Kier alpha value is -1.38. The third-order valence-corrected chi connectivity index (χ3v) is 4.96. The van der Waals surface area contributed by atoms with Crippen LogP contribution in [0, 0.1) is 0 Å². The molecule has 1 amide bonds. The van der Waals surface area contributed by atoms with E-state index in [1.807, 2.05) is 6.92 Å². The minimum Gasteiger partial charge on any atom is -0.360 e. The molecule has 2 aromatic heterocycles. The maximum absolute atomic E-state index is 12.2. The van der Waals surface area contributed by atoms with Gasteiger partial charge >= 0.3 is 0 Å². The van der Waals surface area contributed by atoms with Gasteiger partial charge in [0, 0.05) is 12.7 Å². The van der Waals surface area contributed by atoms with Gasteiger partial charge < -0.3 is 10.6 Å². The van der Waals surface area contributed by atoms with Crippen molar-refractivity contribution in [3.63, 3.8) is 0 Å². The lowest BCUT2D eigenvalue weighted by atomic mass is 10.4. The molecule has 0 aliphatic carbocycles. The molecule has 0 bridgehead atoms. The van der Waals surface area contributed by atoms with Crippen molar-refractivity contribution in [2.45, 2.75) is 29.9 Å². The standard InChI is InChI=1S/C13H16ClN5OS2/c1-3-6-16-12-18-19-13(22-12)21-8(2)11(20)17-9-5-4-7-15-10(9)14/h4-5,7-8H,3,6H2,1-2H3,(H,16,18)(H,17,20)/t8-/m1/s1. The van der Waals surface area contributed by atoms with Crippen LogP contribution in [0.25, 0.3) is 0 Å². The second kappa shape index (κ2) is 8.30. The van der Waals surface area contributed by atoms with Gasteiger partial charge in [0.2, 0.25) is 11.0 Å². The molecule has 118 valence electrons. The molecule has 1 atom stereocenters. The summed E-state index contributed by atoms with van der Waals surface area (Å²) < 4.78 is 0.749. The monoisotopic (exact) mass is 357 g/mol. The second-order valence-electron chi connectivity index (χ2n) is 4.39. The van der Waals surface area contributed by atoms with Gasteiger partial charge in [0.25, 0.3) is 0 Å². The molecule has 2 heterocycles. The maximum Gasteiger partial charge on any atom is 0.237 e. The highest BCUT2D eigenvalue weighted by Crippen LogP contribution is 2.29. The number of rotatable bonds is 7. The molecule has 2 rings (SSSR count). The number of aromatic nitrogens is 3. The van der Waals surface area contributed by atoms with E-state index in [4.69, 9.17) is 11.6 Å². The van der Waals surface area contributed by atoms with Gasteiger partial charge in [0.1, 0.15) is 0 Å². The van der Waals surface area contributed by atoms with Crippen molar-refractivity contribution >= 4 is 51.4 Å². The Kier molecular flexibility index (Phi) is 6.41. The summed E-state index contributed by atoms with van der Waals surface area (Å²) in [4.78, 5) is 16.1. The predicted molar refractivity (Wildman–Crippen MR) is 91.9 cm³/mol. The smallest absolute Gasteiger partial charge is 0.237 e. The SMILES string of the molecule is CCCNc1nnc(S[C@H](C)C(=O)Nc2cccnc2Cl)s1. The molecule has 0 spiro atoms. The lowest BCUT2D eigenvalue weighted by Gasteiger charge is -2.10. The molecular formula is C13H16ClN5OS2. The highest BCUT2D eigenvalue weighted by atomic mass is 35.5. The van der Waals surface area contributed by atoms with E-state index < -0.39 is 0 Å². The highest BCUT2D eigenvalue weighted by molar-refractivity contribution is 8.02. The van der Waals surface area contributed by atoms with Gasteiger partial charge in [-0.3, -0.25) is 4.79 Å². The normalized spacial score (nSPS) is 12.0. The molecule has 0 saturated carbocycles. The summed E-state index contributed by atoms with van der Waals surface area (Å²) >= 11 is 8.72. The van der Waals surface area contributed by atoms with Crippen molar-refractivity contribution in [1.82, 2.24) is 15.2 Å². The fourth-order valence-electron chi connectivity index (χ4n) is 1.48. The van der Waals surface area contributed by atoms with E-state index in [1.165, 1.54) is 23.1 Å². The third-order valence-electron chi connectivity index (χ3n) is 2.60. The fraction of sp³-hybridized carbons (Fsp3) is 0.385. The molecule has 0 aliphatic rings. The Balaban J connectivity index is 1.91. The average Bonchev–Trinajstić information content (AvgIpc) is 2.94. The van der Waals surface area contributed by atoms with Crippen molar-refractivity contribution in [1.29, 1.82) is 0 Å². The van der Waals surface area contributed by atoms with Crippen molar-refractivity contribution in [2.75, 3.05) is 17.2 Å². The average molecular weight is 358 g/mol. The first-order valence-corrected chi connectivity index (χ1v) is 8.83. The number of amides is 1. The first-order chi connectivity index (χ1) is 10.6. The summed E-state index contributed by atoms with van der Waals surface area (Å²) in [7, 11) is 0. The lowest BCUT2D eigenvalue weighted by Crippen LogP contribution is -2.22. The number of hydrogen-bond donors (Lipinski definition) is 2. The van der Waals surface area contributed by atoms with Crippen LogP contribution in [0.1, 0.15) is 20.3 Å². The summed E-state index contributed by atoms with van der Waals surface area (Å²) in [5, 5.41) is 14.8. The van der Waals surface area contributed by atoms with Gasteiger partial charge in [-0.15, -0.1) is 10.2 Å². The zero-order valence-electron chi connectivity index (χ0n) is 12.2. The number of carbonyl (C=O) groups is 1. The number of halogens is 1. The van der Waals surface area contributed by atoms with E-state index in [-0.39, 0.29) is 16.3 Å². The van der Waals surface area contributed by atoms with E-state index >= 15 is 0 Å². The minimum atomic E-state index is -0.316. The first-order valence-electron chi connectivity index (χ1n) is 6.75. The maximum atomic E-state index is 12.2.